The number of para-hydroxylation sites is 3. The highest BCUT2D eigenvalue weighted by atomic mass is 15.0. The Kier molecular flexibility index (Phi) is 7.74. The van der Waals surface area contributed by atoms with Crippen LogP contribution in [0.2, 0.25) is 0 Å². The van der Waals surface area contributed by atoms with Crippen molar-refractivity contribution in [3.63, 3.8) is 0 Å². The Morgan fingerprint density at radius 1 is 0.351 bits per heavy atom. The maximum Gasteiger partial charge on any atom is 0.0900 e. The molecule has 0 radical (unpaired) electrons. The SMILES string of the molecule is c1ccc(-c2nc3c(-c4ccc(-c5cc(-c6ccccn6)nc(-c6ccccn6)c5)cc4)cccc3c3c2ccc2c3c3ccccc3n2-c2ccccc2)cc1. The molecule has 0 bridgehead atoms. The zero-order valence-electron chi connectivity index (χ0n) is 30.8. The van der Waals surface area contributed by atoms with Gasteiger partial charge in [0.15, 0.2) is 0 Å². The van der Waals surface area contributed by atoms with Crippen molar-refractivity contribution >= 4 is 43.5 Å². The van der Waals surface area contributed by atoms with Gasteiger partial charge >= 0.3 is 0 Å². The Balaban J connectivity index is 1.13. The molecule has 266 valence electrons. The summed E-state index contributed by atoms with van der Waals surface area (Å²) in [5.74, 6) is 0. The standard InChI is InChI=1S/C52H33N5/c1-3-14-36(15-4-1)51-42-28-29-48-50(40-18-7-8-23-47(40)57(48)38-16-5-2-6-17-38)49(42)41-20-13-19-39(52(41)56-51)35-26-24-34(25-27-35)37-32-45(43-21-9-11-30-53-43)55-46(33-37)44-22-10-12-31-54-44/h1-33H. The average Bonchev–Trinajstić information content (AvgIpc) is 3.64. The van der Waals surface area contributed by atoms with Crippen LogP contribution in [-0.2, 0) is 0 Å². The first-order chi connectivity index (χ1) is 28.3. The van der Waals surface area contributed by atoms with Crippen molar-refractivity contribution in [1.82, 2.24) is 24.5 Å². The first kappa shape index (κ1) is 32.7. The second-order valence-corrected chi connectivity index (χ2v) is 14.2. The molecule has 5 aromatic heterocycles. The van der Waals surface area contributed by atoms with E-state index in [1.807, 2.05) is 36.4 Å². The van der Waals surface area contributed by atoms with Gasteiger partial charge in [-0.15, -0.1) is 0 Å². The Bertz CT molecular complexity index is 3190. The molecule has 0 atom stereocenters. The monoisotopic (exact) mass is 727 g/mol. The Morgan fingerprint density at radius 2 is 0.982 bits per heavy atom. The first-order valence-corrected chi connectivity index (χ1v) is 19.1. The fraction of sp³-hybridized carbons (Fsp3) is 0. The Hall–Kier alpha value is -7.76. The summed E-state index contributed by atoms with van der Waals surface area (Å²) in [7, 11) is 0. The van der Waals surface area contributed by atoms with Gasteiger partial charge in [0.1, 0.15) is 0 Å². The van der Waals surface area contributed by atoms with E-state index >= 15 is 0 Å². The molecule has 0 N–H and O–H groups in total. The molecule has 0 fully saturated rings. The van der Waals surface area contributed by atoms with E-state index < -0.39 is 0 Å². The van der Waals surface area contributed by atoms with Crippen molar-refractivity contribution < 1.29 is 0 Å². The third-order valence-corrected chi connectivity index (χ3v) is 10.9. The van der Waals surface area contributed by atoms with Gasteiger partial charge < -0.3 is 4.57 Å². The van der Waals surface area contributed by atoms with E-state index in [2.05, 4.69) is 166 Å². The second kappa shape index (κ2) is 13.5. The number of benzene rings is 6. The lowest BCUT2D eigenvalue weighted by molar-refractivity contribution is 1.18. The van der Waals surface area contributed by atoms with Crippen molar-refractivity contribution in [1.29, 1.82) is 0 Å². The molecule has 5 nitrogen and oxygen atoms in total. The third-order valence-electron chi connectivity index (χ3n) is 10.9. The molecule has 5 heteroatoms. The lowest BCUT2D eigenvalue weighted by Crippen LogP contribution is -1.95. The maximum atomic E-state index is 5.54. The molecule has 6 aromatic carbocycles. The van der Waals surface area contributed by atoms with Crippen LogP contribution in [-0.4, -0.2) is 24.5 Å². The summed E-state index contributed by atoms with van der Waals surface area (Å²) in [4.78, 5) is 19.8. The smallest absolute Gasteiger partial charge is 0.0900 e. The fourth-order valence-electron chi connectivity index (χ4n) is 8.31. The highest BCUT2D eigenvalue weighted by Crippen LogP contribution is 2.44. The minimum Gasteiger partial charge on any atom is -0.309 e. The van der Waals surface area contributed by atoms with Gasteiger partial charge in [-0.25, -0.2) is 9.97 Å². The van der Waals surface area contributed by atoms with Crippen LogP contribution in [0.4, 0.5) is 0 Å². The summed E-state index contributed by atoms with van der Waals surface area (Å²) in [5.41, 5.74) is 14.1. The van der Waals surface area contributed by atoms with E-state index in [4.69, 9.17) is 9.97 Å². The quantitative estimate of drug-likeness (QED) is 0.160. The van der Waals surface area contributed by atoms with Crippen LogP contribution < -0.4 is 0 Å². The van der Waals surface area contributed by atoms with Gasteiger partial charge in [0.25, 0.3) is 0 Å². The van der Waals surface area contributed by atoms with Gasteiger partial charge in [0, 0.05) is 56.1 Å². The zero-order chi connectivity index (χ0) is 37.7. The van der Waals surface area contributed by atoms with Crippen molar-refractivity contribution in [3.05, 3.63) is 200 Å². The fourth-order valence-corrected chi connectivity index (χ4v) is 8.31. The molecule has 0 saturated carbocycles. The van der Waals surface area contributed by atoms with Crippen LogP contribution in [0.3, 0.4) is 0 Å². The van der Waals surface area contributed by atoms with Crippen molar-refractivity contribution in [2.45, 2.75) is 0 Å². The summed E-state index contributed by atoms with van der Waals surface area (Å²) < 4.78 is 2.39. The number of hydrogen-bond donors (Lipinski definition) is 0. The summed E-state index contributed by atoms with van der Waals surface area (Å²) >= 11 is 0. The molecule has 0 aliphatic rings. The molecule has 0 unspecified atom stereocenters. The van der Waals surface area contributed by atoms with Gasteiger partial charge in [0.05, 0.1) is 45.0 Å². The number of nitrogens with zero attached hydrogens (tertiary/aromatic N) is 5. The minimum absolute atomic E-state index is 0.802. The predicted octanol–water partition coefficient (Wildman–Crippen LogP) is 13.0. The molecule has 0 aliphatic carbocycles. The summed E-state index contributed by atoms with van der Waals surface area (Å²) in [6.07, 6.45) is 3.60. The van der Waals surface area contributed by atoms with E-state index in [-0.39, 0.29) is 0 Å². The summed E-state index contributed by atoms with van der Waals surface area (Å²) in [6.45, 7) is 0. The van der Waals surface area contributed by atoms with Gasteiger partial charge in [-0.05, 0) is 77.4 Å². The molecule has 0 amide bonds. The average molecular weight is 728 g/mol. The topological polar surface area (TPSA) is 56.5 Å². The molecule has 0 aliphatic heterocycles. The lowest BCUT2D eigenvalue weighted by atomic mass is 9.93. The van der Waals surface area contributed by atoms with Gasteiger partial charge in [-0.3, -0.25) is 9.97 Å². The van der Waals surface area contributed by atoms with Crippen LogP contribution >= 0.6 is 0 Å². The van der Waals surface area contributed by atoms with E-state index in [9.17, 15) is 0 Å². The number of rotatable bonds is 6. The van der Waals surface area contributed by atoms with E-state index in [0.717, 1.165) is 78.3 Å². The zero-order valence-corrected chi connectivity index (χ0v) is 30.8. The Morgan fingerprint density at radius 3 is 1.68 bits per heavy atom. The van der Waals surface area contributed by atoms with E-state index in [0.29, 0.717) is 0 Å². The third kappa shape index (κ3) is 5.56. The lowest BCUT2D eigenvalue weighted by Gasteiger charge is -2.15. The molecule has 11 rings (SSSR count). The van der Waals surface area contributed by atoms with Crippen molar-refractivity contribution in [2.75, 3.05) is 0 Å². The van der Waals surface area contributed by atoms with Crippen LogP contribution in [0.1, 0.15) is 0 Å². The molecule has 0 spiro atoms. The largest absolute Gasteiger partial charge is 0.309 e. The van der Waals surface area contributed by atoms with Gasteiger partial charge in [-0.1, -0.05) is 127 Å². The van der Waals surface area contributed by atoms with Gasteiger partial charge in [0.2, 0.25) is 0 Å². The van der Waals surface area contributed by atoms with Crippen molar-refractivity contribution in [2.24, 2.45) is 0 Å². The van der Waals surface area contributed by atoms with Crippen molar-refractivity contribution in [3.8, 4) is 62.0 Å². The highest BCUT2D eigenvalue weighted by molar-refractivity contribution is 6.30. The maximum absolute atomic E-state index is 5.54. The number of aromatic nitrogens is 5. The van der Waals surface area contributed by atoms with Crippen LogP contribution in [0, 0.1) is 0 Å². The van der Waals surface area contributed by atoms with E-state index in [1.165, 1.54) is 27.2 Å². The first-order valence-electron chi connectivity index (χ1n) is 19.1. The molecule has 0 saturated heterocycles. The Labute approximate surface area is 329 Å². The number of fused-ring (bicyclic) bond motifs is 7. The minimum atomic E-state index is 0.802. The number of hydrogen-bond acceptors (Lipinski definition) is 4. The van der Waals surface area contributed by atoms with Crippen LogP contribution in [0.25, 0.3) is 105 Å². The van der Waals surface area contributed by atoms with Gasteiger partial charge in [-0.2, -0.15) is 0 Å². The molecule has 11 aromatic rings. The summed E-state index contributed by atoms with van der Waals surface area (Å²) in [6, 6.07) is 65.9. The van der Waals surface area contributed by atoms with E-state index in [1.54, 1.807) is 12.4 Å². The normalized spacial score (nSPS) is 11.5. The molecule has 5 heterocycles. The van der Waals surface area contributed by atoms with Crippen LogP contribution in [0.15, 0.2) is 200 Å². The molecular formula is C52H33N5. The van der Waals surface area contributed by atoms with Crippen LogP contribution in [0.5, 0.6) is 0 Å². The summed E-state index contributed by atoms with van der Waals surface area (Å²) in [5, 5.41) is 5.92. The number of pyridine rings is 4. The predicted molar refractivity (Wildman–Crippen MR) is 234 cm³/mol. The highest BCUT2D eigenvalue weighted by Gasteiger charge is 2.21. The molecule has 57 heavy (non-hydrogen) atoms. The molecular weight excluding hydrogens is 695 g/mol. The second-order valence-electron chi connectivity index (χ2n) is 14.2.